The molecule has 674 valence electrons. The van der Waals surface area contributed by atoms with Crippen molar-refractivity contribution in [1.29, 1.82) is 0 Å². The lowest BCUT2D eigenvalue weighted by molar-refractivity contribution is -0.351. The number of rotatable bonds is 20. The molecule has 0 radical (unpaired) electrons. The number of carbonyl (C=O) groups excluding carboxylic acids is 7. The van der Waals surface area contributed by atoms with Crippen molar-refractivity contribution < 1.29 is 138 Å². The number of likely N-dealkylation sites (N-methyl/N-ethyl adjacent to an activating group) is 1. The largest absolute Gasteiger partial charge is 0.508 e. The third-order valence-electron chi connectivity index (χ3n) is 23.4. The Kier molecular flexibility index (Phi) is 29.0. The van der Waals surface area contributed by atoms with Crippen molar-refractivity contribution in [3.63, 3.8) is 0 Å². The number of aromatic hydroxyl groups is 3. The zero-order valence-electron chi connectivity index (χ0n) is 68.5. The van der Waals surface area contributed by atoms with Gasteiger partial charge in [-0.25, -0.2) is 4.79 Å². The highest BCUT2D eigenvalue weighted by atomic mass is 35.5. The Morgan fingerprint density at radius 1 is 0.651 bits per heavy atom. The van der Waals surface area contributed by atoms with Gasteiger partial charge in [-0.3, -0.25) is 33.6 Å². The van der Waals surface area contributed by atoms with Crippen LogP contribution < -0.4 is 52.3 Å². The molecule has 3 saturated heterocycles. The van der Waals surface area contributed by atoms with Crippen molar-refractivity contribution in [3.8, 4) is 68.2 Å². The zero-order valence-corrected chi connectivity index (χ0v) is 70.7. The van der Waals surface area contributed by atoms with Gasteiger partial charge in [-0.2, -0.15) is 0 Å². The van der Waals surface area contributed by atoms with E-state index in [1.54, 1.807) is 12.1 Å². The number of carbonyl (C=O) groups is 8. The number of phenolic OH excluding ortho intramolecular Hbond substituents is 3. The summed E-state index contributed by atoms with van der Waals surface area (Å²) in [5.41, 5.74) is 11.3. The van der Waals surface area contributed by atoms with Crippen LogP contribution in [-0.4, -0.2) is 226 Å². The Labute approximate surface area is 736 Å². The van der Waals surface area contributed by atoms with Gasteiger partial charge in [0, 0.05) is 59.0 Å². The van der Waals surface area contributed by atoms with Gasteiger partial charge in [0.2, 0.25) is 41.6 Å². The molecule has 7 aromatic rings. The Morgan fingerprint density at radius 2 is 1.28 bits per heavy atom. The number of primary amides is 1. The lowest BCUT2D eigenvalue weighted by Gasteiger charge is -2.46. The maximum absolute atomic E-state index is 16.6. The van der Waals surface area contributed by atoms with Crippen LogP contribution in [0.3, 0.4) is 0 Å². The van der Waals surface area contributed by atoms with E-state index in [9.17, 15) is 75.7 Å². The Bertz CT molecular complexity index is 5240. The molecule has 5 amide bonds. The zero-order chi connectivity index (χ0) is 90.9. The van der Waals surface area contributed by atoms with Crippen molar-refractivity contribution in [2.24, 2.45) is 23.3 Å². The van der Waals surface area contributed by atoms with E-state index in [0.29, 0.717) is 17.9 Å². The minimum atomic E-state index is -2.34. The first-order chi connectivity index (χ1) is 59.8. The summed E-state index contributed by atoms with van der Waals surface area (Å²) < 4.78 is 51.6. The van der Waals surface area contributed by atoms with E-state index in [2.05, 4.69) is 26.6 Å². The molecule has 8 aliphatic rings. The number of halogens is 3. The number of nitrogens with two attached hydrogens (primary N) is 2. The Morgan fingerprint density at radius 3 is 1.90 bits per heavy atom. The van der Waals surface area contributed by atoms with Crippen LogP contribution in [0.1, 0.15) is 136 Å². The number of Topliss-reactive ketones (excluding diaryl/α,β-unsaturated/α-hetero) is 2. The molecule has 23 atom stereocenters. The van der Waals surface area contributed by atoms with E-state index < -0.39 is 280 Å². The van der Waals surface area contributed by atoms with Crippen LogP contribution in [0.4, 0.5) is 0 Å². The van der Waals surface area contributed by atoms with Crippen LogP contribution in [0.5, 0.6) is 46.0 Å². The van der Waals surface area contributed by atoms with Crippen LogP contribution in [0.2, 0.25) is 15.1 Å². The van der Waals surface area contributed by atoms with Gasteiger partial charge in [-0.15, -0.1) is 0 Å². The third kappa shape index (κ3) is 20.5. The molecule has 0 aromatic heterocycles. The lowest BCUT2D eigenvalue weighted by Crippen LogP contribution is -2.64. The number of hydrogen-bond donors (Lipinski definition) is 19. The lowest BCUT2D eigenvalue weighted by atomic mass is 9.84. The van der Waals surface area contributed by atoms with Crippen LogP contribution in [-0.2, 0) is 68.5 Å². The fraction of sp³-hybridized carbons (Fsp3) is 0.432. The first-order valence-electron chi connectivity index (χ1n) is 40.7. The molecule has 35 nitrogen and oxygen atoms in total. The molecule has 0 aliphatic carbocycles. The van der Waals surface area contributed by atoms with E-state index in [1.807, 2.05) is 50.2 Å². The number of nitrogens with one attached hydrogen (secondary N) is 5. The second-order valence-electron chi connectivity index (χ2n) is 33.0. The molecule has 126 heavy (non-hydrogen) atoms. The fourth-order valence-electron chi connectivity index (χ4n) is 16.6. The minimum absolute atomic E-state index is 0.0833. The highest BCUT2D eigenvalue weighted by molar-refractivity contribution is 6.32. The summed E-state index contributed by atoms with van der Waals surface area (Å²) in [5, 5.41) is 153. The van der Waals surface area contributed by atoms with Gasteiger partial charge in [-0.05, 0) is 158 Å². The first kappa shape index (κ1) is 93.4. The van der Waals surface area contributed by atoms with Crippen LogP contribution in [0.25, 0.3) is 22.3 Å². The number of amides is 5. The Balaban J connectivity index is 0.962. The number of aliphatic hydroxyl groups is 8. The minimum Gasteiger partial charge on any atom is -0.508 e. The summed E-state index contributed by atoms with van der Waals surface area (Å²) in [7, 11) is 1.48. The number of fused-ring (bicyclic) bond motifs is 15. The third-order valence-corrected chi connectivity index (χ3v) is 24.2. The predicted octanol–water partition coefficient (Wildman–Crippen LogP) is 5.26. The Hall–Kier alpha value is -10.2. The molecule has 0 spiro atoms. The van der Waals surface area contributed by atoms with Gasteiger partial charge in [-0.1, -0.05) is 103 Å². The van der Waals surface area contributed by atoms with Gasteiger partial charge in [0.15, 0.2) is 41.7 Å². The second kappa shape index (κ2) is 39.2. The van der Waals surface area contributed by atoms with Gasteiger partial charge < -0.3 is 137 Å². The molecule has 8 heterocycles. The summed E-state index contributed by atoms with van der Waals surface area (Å²) in [6.07, 6.45) is -29.6. The van der Waals surface area contributed by atoms with E-state index in [4.69, 9.17) is 84.2 Å². The molecular weight excluding hydrogens is 1710 g/mol. The summed E-state index contributed by atoms with van der Waals surface area (Å²) in [6, 6.07) is 19.5. The molecular formula is C88H98Cl3N7O28. The SMILES string of the molecule is CN[C@H](CC(C)C)C(=O)NC1C(=O)C[C@H](CC(N)=O)C(=O)N[C@H]2C(=O)C[C@@H]3C(=O)N[C@H](C(=O)N[C@H](C(=O)O)c4cc(O)cc(O)c4-c4cc3ccc4O)[C@H](OC3C[C@](C)(N)[C@@H](O)[C@H](C)O3)c3ccc(c(Cl)c3)Oc3cc2cc(c3O[C@@H]2O[C@H](CO)[C@@H](O[C@@H]3O[C@H](CCCc4ccc(-c5ccc(Cl)cc5)cc4)[C@H](O)[C@H](O)[C@H]3O)[C@H](O)[C@H]2O)Oc2ccc(cc2Cl)[C@H]1O. The van der Waals surface area contributed by atoms with Crippen LogP contribution >= 0.6 is 34.8 Å². The van der Waals surface area contributed by atoms with E-state index >= 15 is 24.0 Å². The fourth-order valence-corrected chi connectivity index (χ4v) is 17.2. The van der Waals surface area contributed by atoms with Gasteiger partial charge in [0.1, 0.15) is 102 Å². The maximum Gasteiger partial charge on any atom is 0.330 e. The number of ether oxygens (including phenoxy) is 8. The van der Waals surface area contributed by atoms with E-state index in [-0.39, 0.29) is 52.6 Å². The average molecular weight is 1810 g/mol. The van der Waals surface area contributed by atoms with Gasteiger partial charge in [0.05, 0.1) is 52.8 Å². The average Bonchev–Trinajstić information content (AvgIpc) is 0.761. The smallest absolute Gasteiger partial charge is 0.330 e. The molecule has 11 bridgehead atoms. The number of aryl methyl sites for hydroxylation is 1. The van der Waals surface area contributed by atoms with Crippen molar-refractivity contribution in [2.45, 2.75) is 213 Å². The number of carboxylic acid groups (broad SMARTS) is 1. The topological polar surface area (TPSA) is 565 Å². The molecule has 38 heteroatoms. The van der Waals surface area contributed by atoms with E-state index in [0.717, 1.165) is 65.2 Å². The molecule has 8 aliphatic heterocycles. The summed E-state index contributed by atoms with van der Waals surface area (Å²) in [4.78, 5) is 121. The summed E-state index contributed by atoms with van der Waals surface area (Å²) in [5.74, 6) is -19.3. The van der Waals surface area contributed by atoms with E-state index in [1.165, 1.54) is 51.2 Å². The number of benzene rings is 7. The highest BCUT2D eigenvalue weighted by Gasteiger charge is 2.53. The molecule has 7 aromatic carbocycles. The summed E-state index contributed by atoms with van der Waals surface area (Å²) >= 11 is 20.7. The molecule has 21 N–H and O–H groups in total. The molecule has 0 saturated carbocycles. The number of aliphatic hydroxyl groups excluding tert-OH is 8. The van der Waals surface area contributed by atoms with Crippen molar-refractivity contribution >= 4 is 81.9 Å². The molecule has 2 unspecified atom stereocenters. The predicted molar refractivity (Wildman–Crippen MR) is 447 cm³/mol. The molecule has 3 fully saturated rings. The maximum atomic E-state index is 16.6. The van der Waals surface area contributed by atoms with Gasteiger partial charge >= 0.3 is 5.97 Å². The van der Waals surface area contributed by atoms with Crippen molar-refractivity contribution in [2.75, 3.05) is 13.7 Å². The number of phenols is 3. The molecule has 15 rings (SSSR count). The number of carboxylic acids is 1. The quantitative estimate of drug-likeness (QED) is 0.0463. The monoisotopic (exact) mass is 1810 g/mol. The second-order valence-corrected chi connectivity index (χ2v) is 34.3. The number of aliphatic carboxylic acids is 1. The normalized spacial score (nSPS) is 29.7. The van der Waals surface area contributed by atoms with Gasteiger partial charge in [0.25, 0.3) is 0 Å². The standard InChI is InChI=1S/C88H98Cl3N7O28/c1-36(2)23-53(94-5)83(115)97-69-56(103)27-45(30-64(92)105)81(113)95-67-44-28-61(120-58-21-16-42(71(69)106)25-51(58)90)78(125-87-76(111)74(109)79(63(35-99)123-87)126-86-75(110)73(108)72(107)60(122-86)8-6-7-38-9-11-39(12-10-38)40-13-18-46(89)19-14-40)62(29-44)121-59-22-17-43(26-52(59)91)77(124-65-34-88(4,93)80(112)37(3)119-65)70-84(116)96-68(85(117)118)50-31-47(100)32-55(102)66(50)49-24-41(15-20-54(49)101)48(33-57(67)104)82(114)98-70/h9-22,24-26,28-29,31-32,36-37,45,48,53,60,63,65,67-77,79-80,86-87,94,99-102,106-112H,6-8,23,27,30,33-35,93H2,1-5H3,(H2,92,105)(H,95,113)(H,96,116)(H,97,115)(H,98,114)(H,117,118)/t37-,45+,48-,53+,60+,63+,65?,67+,68-,69?,70-,71+,72-,73-,74+,75+,76+,77+,79+,80-,86-,87-,88-/m0/s1. The van der Waals surface area contributed by atoms with Crippen molar-refractivity contribution in [1.82, 2.24) is 26.6 Å². The van der Waals surface area contributed by atoms with Crippen molar-refractivity contribution in [3.05, 3.63) is 176 Å². The number of ketones is 2. The number of hydrogen-bond acceptors (Lipinski definition) is 29. The van der Waals surface area contributed by atoms with Crippen LogP contribution in [0, 0.1) is 11.8 Å². The first-order valence-corrected chi connectivity index (χ1v) is 41.8. The highest BCUT2D eigenvalue weighted by Crippen LogP contribution is 2.51. The van der Waals surface area contributed by atoms with Crippen LogP contribution in [0.15, 0.2) is 127 Å². The summed E-state index contributed by atoms with van der Waals surface area (Å²) in [6.45, 7) is 5.51.